The Morgan fingerprint density at radius 2 is 1.87 bits per heavy atom. The first kappa shape index (κ1) is 11.2. The van der Waals surface area contributed by atoms with Gasteiger partial charge >= 0.3 is 0 Å². The van der Waals surface area contributed by atoms with Gasteiger partial charge in [-0.25, -0.2) is 0 Å². The summed E-state index contributed by atoms with van der Waals surface area (Å²) in [6, 6.07) is 0. The first-order valence-electron chi connectivity index (χ1n) is 6.81. The van der Waals surface area contributed by atoms with Crippen molar-refractivity contribution in [3.05, 3.63) is 12.2 Å². The fourth-order valence-corrected chi connectivity index (χ4v) is 3.71. The molecule has 2 aliphatic carbocycles. The second-order valence-corrected chi connectivity index (χ2v) is 6.05. The molecule has 0 aromatic carbocycles. The lowest BCUT2D eigenvalue weighted by Gasteiger charge is -2.33. The molecule has 0 aromatic heterocycles. The van der Waals surface area contributed by atoms with Gasteiger partial charge in [0.2, 0.25) is 0 Å². The van der Waals surface area contributed by atoms with Gasteiger partial charge in [-0.2, -0.15) is 0 Å². The van der Waals surface area contributed by atoms with Crippen molar-refractivity contribution in [3.63, 3.8) is 0 Å². The van der Waals surface area contributed by atoms with Crippen LogP contribution in [-0.2, 0) is 0 Å². The van der Waals surface area contributed by atoms with E-state index in [2.05, 4.69) is 39.8 Å². The average Bonchev–Trinajstić information content (AvgIpc) is 2.87. The molecule has 0 aliphatic heterocycles. The molecule has 0 N–H and O–H groups in total. The minimum atomic E-state index is 0.892. The lowest BCUT2D eigenvalue weighted by atomic mass is 9.72. The van der Waals surface area contributed by atoms with Crippen LogP contribution in [0.1, 0.15) is 47.0 Å². The highest BCUT2D eigenvalue weighted by molar-refractivity contribution is 5.11. The number of hydrogen-bond acceptors (Lipinski definition) is 0. The van der Waals surface area contributed by atoms with Gasteiger partial charge < -0.3 is 0 Å². The van der Waals surface area contributed by atoms with Crippen LogP contribution in [-0.4, -0.2) is 0 Å². The minimum Gasteiger partial charge on any atom is -0.0851 e. The number of rotatable bonds is 4. The van der Waals surface area contributed by atoms with Gasteiger partial charge in [-0.3, -0.25) is 0 Å². The van der Waals surface area contributed by atoms with Crippen LogP contribution >= 0.6 is 0 Å². The van der Waals surface area contributed by atoms with Gasteiger partial charge in [0.15, 0.2) is 0 Å². The Balaban J connectivity index is 1.96. The summed E-state index contributed by atoms with van der Waals surface area (Å²) in [5, 5.41) is 0. The van der Waals surface area contributed by atoms with Crippen molar-refractivity contribution in [1.82, 2.24) is 0 Å². The van der Waals surface area contributed by atoms with Crippen LogP contribution in [0, 0.1) is 35.5 Å². The van der Waals surface area contributed by atoms with Crippen molar-refractivity contribution < 1.29 is 0 Å². The fourth-order valence-electron chi connectivity index (χ4n) is 3.71. The maximum absolute atomic E-state index is 2.50. The molecule has 1 fully saturated rings. The van der Waals surface area contributed by atoms with E-state index in [9.17, 15) is 0 Å². The molecule has 2 aliphatic rings. The van der Waals surface area contributed by atoms with Gasteiger partial charge in [0.1, 0.15) is 0 Å². The minimum absolute atomic E-state index is 0.892. The zero-order valence-electron chi connectivity index (χ0n) is 10.7. The van der Waals surface area contributed by atoms with Crippen LogP contribution in [0.3, 0.4) is 0 Å². The molecule has 0 nitrogen and oxygen atoms in total. The first-order chi connectivity index (χ1) is 7.13. The molecule has 0 radical (unpaired) electrons. The van der Waals surface area contributed by atoms with E-state index in [4.69, 9.17) is 0 Å². The van der Waals surface area contributed by atoms with Crippen LogP contribution in [0.25, 0.3) is 0 Å². The van der Waals surface area contributed by atoms with Crippen LogP contribution in [0.2, 0.25) is 0 Å². The van der Waals surface area contributed by atoms with Crippen molar-refractivity contribution >= 4 is 0 Å². The molecule has 0 heterocycles. The van der Waals surface area contributed by atoms with Gasteiger partial charge in [0.05, 0.1) is 0 Å². The highest BCUT2D eigenvalue weighted by Gasteiger charge is 2.40. The Hall–Kier alpha value is -0.260. The lowest BCUT2D eigenvalue weighted by Crippen LogP contribution is -2.26. The Kier molecular flexibility index (Phi) is 3.23. The molecule has 2 rings (SSSR count). The smallest absolute Gasteiger partial charge is 0.0197 e. The predicted octanol–water partition coefficient (Wildman–Crippen LogP) is 4.52. The summed E-state index contributed by atoms with van der Waals surface area (Å²) in [5.74, 6) is 5.56. The Morgan fingerprint density at radius 1 is 1.13 bits per heavy atom. The summed E-state index contributed by atoms with van der Waals surface area (Å²) >= 11 is 0. The predicted molar refractivity (Wildman–Crippen MR) is 66.6 cm³/mol. The van der Waals surface area contributed by atoms with Crippen molar-refractivity contribution in [2.45, 2.75) is 47.0 Å². The third-order valence-electron chi connectivity index (χ3n) is 5.38. The van der Waals surface area contributed by atoms with Crippen LogP contribution in [0.15, 0.2) is 12.2 Å². The summed E-state index contributed by atoms with van der Waals surface area (Å²) in [6.07, 6.45) is 9.23. The molecular formula is C15H26. The standard InChI is InChI=1S/C15H26/c1-5-10(2)11(3)12(4)15-9-13-6-7-14(15)8-13/h6-7,10-15H,5,8-9H2,1-4H3. The van der Waals surface area contributed by atoms with Gasteiger partial charge in [-0.1, -0.05) is 46.3 Å². The Labute approximate surface area is 95.1 Å². The average molecular weight is 206 g/mol. The van der Waals surface area contributed by atoms with Gasteiger partial charge in [0, 0.05) is 0 Å². The zero-order chi connectivity index (χ0) is 11.0. The molecule has 1 saturated carbocycles. The number of allylic oxidation sites excluding steroid dienone is 2. The SMILES string of the molecule is CCC(C)C(C)C(C)C1CC2C=CC1C2. The van der Waals surface area contributed by atoms with E-state index in [1.165, 1.54) is 19.3 Å². The van der Waals surface area contributed by atoms with E-state index in [0.717, 1.165) is 35.5 Å². The fraction of sp³-hybridized carbons (Fsp3) is 0.867. The summed E-state index contributed by atoms with van der Waals surface area (Å²) in [4.78, 5) is 0. The molecule has 6 atom stereocenters. The molecular weight excluding hydrogens is 180 g/mol. The summed E-state index contributed by atoms with van der Waals surface area (Å²) < 4.78 is 0. The Morgan fingerprint density at radius 3 is 2.33 bits per heavy atom. The van der Waals surface area contributed by atoms with E-state index >= 15 is 0 Å². The molecule has 2 bridgehead atoms. The van der Waals surface area contributed by atoms with E-state index in [1.54, 1.807) is 0 Å². The lowest BCUT2D eigenvalue weighted by molar-refractivity contribution is 0.177. The maximum Gasteiger partial charge on any atom is -0.0197 e. The van der Waals surface area contributed by atoms with Crippen LogP contribution < -0.4 is 0 Å². The molecule has 0 amide bonds. The largest absolute Gasteiger partial charge is 0.0851 e. The third-order valence-corrected chi connectivity index (χ3v) is 5.38. The topological polar surface area (TPSA) is 0 Å². The summed E-state index contributed by atoms with van der Waals surface area (Å²) in [5.41, 5.74) is 0. The Bertz CT molecular complexity index is 240. The van der Waals surface area contributed by atoms with E-state index < -0.39 is 0 Å². The highest BCUT2D eigenvalue weighted by Crippen LogP contribution is 2.49. The zero-order valence-corrected chi connectivity index (χ0v) is 10.7. The normalized spacial score (nSPS) is 39.3. The maximum atomic E-state index is 2.50. The van der Waals surface area contributed by atoms with Crippen LogP contribution in [0.4, 0.5) is 0 Å². The van der Waals surface area contributed by atoms with E-state index in [1.807, 2.05) is 0 Å². The first-order valence-corrected chi connectivity index (χ1v) is 6.81. The molecule has 0 spiro atoms. The third kappa shape index (κ3) is 2.00. The molecule has 15 heavy (non-hydrogen) atoms. The quantitative estimate of drug-likeness (QED) is 0.593. The molecule has 0 aromatic rings. The van der Waals surface area contributed by atoms with Gasteiger partial charge in [-0.15, -0.1) is 0 Å². The summed E-state index contributed by atoms with van der Waals surface area (Å²) in [7, 11) is 0. The molecule has 6 unspecified atom stereocenters. The molecule has 0 saturated heterocycles. The van der Waals surface area contributed by atoms with Crippen molar-refractivity contribution in [2.24, 2.45) is 35.5 Å². The van der Waals surface area contributed by atoms with Crippen molar-refractivity contribution in [2.75, 3.05) is 0 Å². The van der Waals surface area contributed by atoms with Crippen LogP contribution in [0.5, 0.6) is 0 Å². The highest BCUT2D eigenvalue weighted by atomic mass is 14.4. The van der Waals surface area contributed by atoms with Crippen molar-refractivity contribution in [3.8, 4) is 0 Å². The van der Waals surface area contributed by atoms with E-state index in [-0.39, 0.29) is 0 Å². The second kappa shape index (κ2) is 4.31. The van der Waals surface area contributed by atoms with Crippen molar-refractivity contribution in [1.29, 1.82) is 0 Å². The molecule has 0 heteroatoms. The molecule has 86 valence electrons. The monoisotopic (exact) mass is 206 g/mol. The number of hydrogen-bond donors (Lipinski definition) is 0. The number of fused-ring (bicyclic) bond motifs is 2. The van der Waals surface area contributed by atoms with Gasteiger partial charge in [0.25, 0.3) is 0 Å². The van der Waals surface area contributed by atoms with Gasteiger partial charge in [-0.05, 0) is 48.3 Å². The summed E-state index contributed by atoms with van der Waals surface area (Å²) in [6.45, 7) is 9.71. The van der Waals surface area contributed by atoms with E-state index in [0.29, 0.717) is 0 Å². The second-order valence-electron chi connectivity index (χ2n) is 6.05.